The van der Waals surface area contributed by atoms with Crippen molar-refractivity contribution < 1.29 is 42.1 Å². The summed E-state index contributed by atoms with van der Waals surface area (Å²) in [5, 5.41) is 13.2. The minimum absolute atomic E-state index is 0.0310. The van der Waals surface area contributed by atoms with Crippen molar-refractivity contribution in [2.24, 2.45) is 5.41 Å². The molecule has 2 unspecified atom stereocenters. The minimum atomic E-state index is -3.11. The van der Waals surface area contributed by atoms with Crippen molar-refractivity contribution in [3.8, 4) is 5.75 Å². The Labute approximate surface area is 248 Å². The first-order valence-corrected chi connectivity index (χ1v) is 16.0. The number of ketones is 1. The summed E-state index contributed by atoms with van der Waals surface area (Å²) in [4.78, 5) is 54.4. The monoisotopic (exact) mass is 625 g/mol. The zero-order chi connectivity index (χ0) is 32.5. The number of carbonyl (C=O) groups excluding carboxylic acids is 3. The molecule has 1 aliphatic rings. The van der Waals surface area contributed by atoms with Crippen molar-refractivity contribution in [2.45, 2.75) is 66.3 Å². The first kappa shape index (κ1) is 33.9. The number of nitrogens with zero attached hydrogens (tertiary/aromatic N) is 2. The quantitative estimate of drug-likeness (QED) is 0.387. The number of hydrogen-bond donors (Lipinski definition) is 2. The van der Waals surface area contributed by atoms with Gasteiger partial charge in [0.2, 0.25) is 12.8 Å². The van der Waals surface area contributed by atoms with Gasteiger partial charge in [-0.3, -0.25) is 18.9 Å². The zero-order valence-corrected chi connectivity index (χ0v) is 26.2. The number of nitrogens with one attached hydrogen (secondary N) is 1. The Morgan fingerprint density at radius 3 is 2.47 bits per heavy atom. The molecule has 2 N–H and O–H groups in total. The summed E-state index contributed by atoms with van der Waals surface area (Å²) >= 11 is 0. The second-order valence-electron chi connectivity index (χ2n) is 12.0. The number of amides is 2. The zero-order valence-electron chi connectivity index (χ0n) is 25.3. The third-order valence-corrected chi connectivity index (χ3v) is 8.93. The fraction of sp³-hybridized carbons (Fsp3) is 0.517. The van der Waals surface area contributed by atoms with Crippen molar-refractivity contribution in [3.63, 3.8) is 0 Å². The molecule has 1 aromatic heterocycles. The molecule has 11 nitrogen and oxygen atoms in total. The van der Waals surface area contributed by atoms with Gasteiger partial charge < -0.3 is 29.2 Å². The van der Waals surface area contributed by atoms with Crippen LogP contribution in [0.4, 0.5) is 13.6 Å². The molecule has 0 saturated heterocycles. The van der Waals surface area contributed by atoms with Crippen LogP contribution in [-0.4, -0.2) is 70.0 Å². The molecule has 0 saturated carbocycles. The first-order chi connectivity index (χ1) is 19.8. The van der Waals surface area contributed by atoms with E-state index in [1.807, 2.05) is 0 Å². The van der Waals surface area contributed by atoms with Gasteiger partial charge in [-0.25, -0.2) is 13.6 Å². The highest BCUT2D eigenvalue weighted by Gasteiger charge is 2.49. The highest BCUT2D eigenvalue weighted by molar-refractivity contribution is 7.58. The number of rotatable bonds is 9. The van der Waals surface area contributed by atoms with E-state index >= 15 is 0 Å². The van der Waals surface area contributed by atoms with Crippen molar-refractivity contribution in [2.75, 3.05) is 26.0 Å². The summed E-state index contributed by atoms with van der Waals surface area (Å²) in [6, 6.07) is 1.88. The number of Topliss-reactive ketones (excluding diaryl/α,β-unsaturated/α-hetero) is 1. The number of fused-ring (bicyclic) bond motifs is 1. The standard InChI is InChI=1S/C29H38F2N3O8P/c1-8-41-43(7,40)12-11-34(27(39)42-28(2,3)4)21-16-33-15-19(23(35)24(36)22(33)25(37)29(21,5)6)26(38)32-14-17-9-10-18(30)13-20(17)31/h9-10,13,15,21,36H,8,11-12,14,16H2,1-7H3,(H,32,38). The van der Waals surface area contributed by atoms with Gasteiger partial charge in [-0.2, -0.15) is 0 Å². The van der Waals surface area contributed by atoms with Crippen molar-refractivity contribution >= 4 is 25.2 Å². The number of aromatic nitrogens is 1. The molecule has 14 heteroatoms. The Balaban J connectivity index is 2.02. The molecule has 2 amide bonds. The molecule has 0 bridgehead atoms. The minimum Gasteiger partial charge on any atom is -0.503 e. The van der Waals surface area contributed by atoms with E-state index in [1.165, 1.54) is 16.1 Å². The van der Waals surface area contributed by atoms with E-state index in [2.05, 4.69) is 5.32 Å². The average molecular weight is 626 g/mol. The lowest BCUT2D eigenvalue weighted by Gasteiger charge is -2.45. The Hall–Kier alpha value is -3.57. The molecule has 3 rings (SSSR count). The van der Waals surface area contributed by atoms with Crippen LogP contribution in [0.25, 0.3) is 0 Å². The highest BCUT2D eigenvalue weighted by Crippen LogP contribution is 2.43. The van der Waals surface area contributed by atoms with Crippen LogP contribution in [0.5, 0.6) is 5.75 Å². The van der Waals surface area contributed by atoms with Crippen LogP contribution in [-0.2, 0) is 26.9 Å². The number of halogens is 2. The molecular formula is C29H38F2N3O8P. The molecule has 0 aliphatic carbocycles. The normalized spacial score (nSPS) is 17.5. The summed E-state index contributed by atoms with van der Waals surface area (Å²) in [5.74, 6) is -4.29. The van der Waals surface area contributed by atoms with E-state index in [4.69, 9.17) is 9.26 Å². The van der Waals surface area contributed by atoms with Crippen LogP contribution in [0, 0.1) is 17.0 Å². The molecule has 43 heavy (non-hydrogen) atoms. The van der Waals surface area contributed by atoms with E-state index in [0.29, 0.717) is 6.07 Å². The smallest absolute Gasteiger partial charge is 0.410 e. The molecular weight excluding hydrogens is 587 g/mol. The molecule has 2 atom stereocenters. The van der Waals surface area contributed by atoms with Gasteiger partial charge in [0.25, 0.3) is 5.91 Å². The van der Waals surface area contributed by atoms with Crippen LogP contribution < -0.4 is 10.7 Å². The van der Waals surface area contributed by atoms with Gasteiger partial charge in [-0.15, -0.1) is 0 Å². The van der Waals surface area contributed by atoms with Crippen LogP contribution in [0.15, 0.2) is 29.2 Å². The number of pyridine rings is 1. The summed E-state index contributed by atoms with van der Waals surface area (Å²) in [7, 11) is -3.11. The third-order valence-electron chi connectivity index (χ3n) is 7.11. The molecule has 1 aromatic carbocycles. The van der Waals surface area contributed by atoms with Crippen molar-refractivity contribution in [3.05, 3.63) is 63.1 Å². The van der Waals surface area contributed by atoms with Gasteiger partial charge in [0, 0.05) is 50.3 Å². The van der Waals surface area contributed by atoms with Crippen LogP contribution in [0.3, 0.4) is 0 Å². The number of hydrogen-bond acceptors (Lipinski definition) is 8. The highest BCUT2D eigenvalue weighted by atomic mass is 31.2. The third kappa shape index (κ3) is 7.69. The Kier molecular flexibility index (Phi) is 9.92. The summed E-state index contributed by atoms with van der Waals surface area (Å²) in [5.41, 5.74) is -4.28. The lowest BCUT2D eigenvalue weighted by Crippen LogP contribution is -2.58. The number of aromatic hydroxyl groups is 1. The predicted molar refractivity (Wildman–Crippen MR) is 155 cm³/mol. The van der Waals surface area contributed by atoms with Crippen LogP contribution in [0.2, 0.25) is 0 Å². The van der Waals surface area contributed by atoms with Crippen molar-refractivity contribution in [1.82, 2.24) is 14.8 Å². The maximum Gasteiger partial charge on any atom is 0.410 e. The second-order valence-corrected chi connectivity index (χ2v) is 14.8. The van der Waals surface area contributed by atoms with E-state index < -0.39 is 70.6 Å². The summed E-state index contributed by atoms with van der Waals surface area (Å²) < 4.78 is 52.4. The SMILES string of the molecule is CCOP(C)(=O)CCN(C(=O)OC(C)(C)C)C1Cn2cc(C(=O)NCc3ccc(F)cc3F)c(=O)c(O)c2C(=O)C1(C)C. The largest absolute Gasteiger partial charge is 0.503 e. The van der Waals surface area contributed by atoms with Gasteiger partial charge >= 0.3 is 6.09 Å². The topological polar surface area (TPSA) is 144 Å². The summed E-state index contributed by atoms with van der Waals surface area (Å²) in [6.45, 7) is 10.8. The number of benzene rings is 1. The molecule has 0 spiro atoms. The van der Waals surface area contributed by atoms with Crippen molar-refractivity contribution in [1.29, 1.82) is 0 Å². The molecule has 0 fully saturated rings. The van der Waals surface area contributed by atoms with E-state index in [0.717, 1.165) is 18.3 Å². The Bertz CT molecular complexity index is 1530. The molecule has 2 heterocycles. The van der Waals surface area contributed by atoms with Crippen LogP contribution in [0.1, 0.15) is 68.0 Å². The van der Waals surface area contributed by atoms with E-state index in [-0.39, 0.29) is 43.7 Å². The fourth-order valence-electron chi connectivity index (χ4n) is 4.81. The lowest BCUT2D eigenvalue weighted by molar-refractivity contribution is -0.00254. The second kappa shape index (κ2) is 12.6. The molecule has 236 valence electrons. The predicted octanol–water partition coefficient (Wildman–Crippen LogP) is 4.53. The number of carbonyl (C=O) groups is 3. The molecule has 0 radical (unpaired) electrons. The van der Waals surface area contributed by atoms with E-state index in [1.54, 1.807) is 41.5 Å². The van der Waals surface area contributed by atoms with Crippen LogP contribution >= 0.6 is 7.37 Å². The van der Waals surface area contributed by atoms with E-state index in [9.17, 15) is 37.6 Å². The Morgan fingerprint density at radius 1 is 1.23 bits per heavy atom. The van der Waals surface area contributed by atoms with Gasteiger partial charge in [-0.05, 0) is 33.8 Å². The molecule has 2 aromatic rings. The average Bonchev–Trinajstić information content (AvgIpc) is 2.87. The van der Waals surface area contributed by atoms with Gasteiger partial charge in [-0.1, -0.05) is 19.9 Å². The summed E-state index contributed by atoms with van der Waals surface area (Å²) in [6.07, 6.45) is 0.283. The lowest BCUT2D eigenvalue weighted by atomic mass is 9.75. The first-order valence-electron chi connectivity index (χ1n) is 13.7. The molecule has 1 aliphatic heterocycles. The maximum atomic E-state index is 14.1. The maximum absolute atomic E-state index is 14.1. The van der Waals surface area contributed by atoms with Gasteiger partial charge in [0.15, 0.2) is 11.5 Å². The Morgan fingerprint density at radius 2 is 1.88 bits per heavy atom. The number of ether oxygens (including phenoxy) is 1. The van der Waals surface area contributed by atoms with Gasteiger partial charge in [0.1, 0.15) is 28.5 Å². The van der Waals surface area contributed by atoms with Gasteiger partial charge in [0.05, 0.1) is 18.1 Å². The fourth-order valence-corrected chi connectivity index (χ4v) is 6.06.